The van der Waals surface area contributed by atoms with E-state index in [0.717, 1.165) is 11.3 Å². The predicted molar refractivity (Wildman–Crippen MR) is 88.6 cm³/mol. The molecule has 1 fully saturated rings. The smallest absolute Gasteiger partial charge is 0.240 e. The van der Waals surface area contributed by atoms with Crippen molar-refractivity contribution in [1.82, 2.24) is 10.6 Å². The molecule has 1 atom stereocenters. The number of amidine groups is 1. The van der Waals surface area contributed by atoms with Gasteiger partial charge in [0, 0.05) is 18.7 Å². The maximum atomic E-state index is 11.9. The normalized spacial score (nSPS) is 18.9. The first-order chi connectivity index (χ1) is 10.5. The molecule has 1 aliphatic heterocycles. The topological polar surface area (TPSA) is 82.9 Å². The highest BCUT2D eigenvalue weighted by Gasteiger charge is 2.32. The van der Waals surface area contributed by atoms with Crippen LogP contribution in [0.15, 0.2) is 40.5 Å². The van der Waals surface area contributed by atoms with Gasteiger partial charge >= 0.3 is 0 Å². The number of amides is 2. The Morgan fingerprint density at radius 3 is 2.73 bits per heavy atom. The highest BCUT2D eigenvalue weighted by Crippen LogP contribution is 2.22. The molecule has 22 heavy (non-hydrogen) atoms. The number of benzene rings is 1. The average molecular weight is 318 g/mol. The van der Waals surface area contributed by atoms with Crippen molar-refractivity contribution in [3.63, 3.8) is 0 Å². The number of rotatable bonds is 5. The van der Waals surface area contributed by atoms with Crippen molar-refractivity contribution in [2.75, 3.05) is 0 Å². The molecular formula is C15H18N4O2S. The highest BCUT2D eigenvalue weighted by atomic mass is 32.2. The Morgan fingerprint density at radius 1 is 1.32 bits per heavy atom. The van der Waals surface area contributed by atoms with E-state index >= 15 is 0 Å². The second kappa shape index (κ2) is 7.74. The third kappa shape index (κ3) is 5.00. The molecule has 0 aliphatic carbocycles. The van der Waals surface area contributed by atoms with Crippen LogP contribution in [0.5, 0.6) is 0 Å². The standard InChI is InChI=1S/C15H18N4O2S/c1-10(2)18-19-15-17-14(21)12(22-15)8-13(20)16-9-11-6-4-3-5-7-11/h3-7,12H,8-9H2,1-2H3,(H,16,20)(H,17,19,21)/t12-/m1/s1. The van der Waals surface area contributed by atoms with Crippen molar-refractivity contribution in [3.05, 3.63) is 35.9 Å². The molecule has 116 valence electrons. The summed E-state index contributed by atoms with van der Waals surface area (Å²) < 4.78 is 0. The fraction of sp³-hybridized carbons (Fsp3) is 0.333. The zero-order chi connectivity index (χ0) is 15.9. The van der Waals surface area contributed by atoms with Gasteiger partial charge in [-0.15, -0.1) is 5.10 Å². The van der Waals surface area contributed by atoms with Gasteiger partial charge in [0.15, 0.2) is 5.17 Å². The van der Waals surface area contributed by atoms with Crippen LogP contribution in [0.3, 0.4) is 0 Å². The van der Waals surface area contributed by atoms with Crippen molar-refractivity contribution in [3.8, 4) is 0 Å². The molecule has 2 rings (SSSR count). The summed E-state index contributed by atoms with van der Waals surface area (Å²) >= 11 is 1.23. The Bertz CT molecular complexity index is 609. The van der Waals surface area contributed by atoms with E-state index < -0.39 is 5.25 Å². The van der Waals surface area contributed by atoms with Crippen LogP contribution in [0, 0.1) is 0 Å². The van der Waals surface area contributed by atoms with Gasteiger partial charge in [-0.2, -0.15) is 5.10 Å². The third-order valence-electron chi connectivity index (χ3n) is 2.82. The summed E-state index contributed by atoms with van der Waals surface area (Å²) in [4.78, 5) is 23.7. The third-order valence-corrected chi connectivity index (χ3v) is 3.89. The summed E-state index contributed by atoms with van der Waals surface area (Å²) in [6, 6.07) is 9.63. The van der Waals surface area contributed by atoms with Gasteiger partial charge in [0.05, 0.1) is 0 Å². The molecule has 0 bridgehead atoms. The lowest BCUT2D eigenvalue weighted by Gasteiger charge is -2.07. The van der Waals surface area contributed by atoms with E-state index in [9.17, 15) is 9.59 Å². The van der Waals surface area contributed by atoms with Gasteiger partial charge in [0.25, 0.3) is 0 Å². The van der Waals surface area contributed by atoms with E-state index in [1.807, 2.05) is 44.2 Å². The minimum Gasteiger partial charge on any atom is -0.352 e. The maximum Gasteiger partial charge on any atom is 0.240 e. The maximum absolute atomic E-state index is 11.9. The molecule has 7 heteroatoms. The van der Waals surface area contributed by atoms with Gasteiger partial charge < -0.3 is 10.6 Å². The van der Waals surface area contributed by atoms with Gasteiger partial charge in [0.1, 0.15) is 5.25 Å². The van der Waals surface area contributed by atoms with Gasteiger partial charge in [-0.25, -0.2) is 0 Å². The number of thioether (sulfide) groups is 1. The van der Waals surface area contributed by atoms with Gasteiger partial charge in [-0.1, -0.05) is 42.1 Å². The minimum atomic E-state index is -0.457. The monoisotopic (exact) mass is 318 g/mol. The summed E-state index contributed by atoms with van der Waals surface area (Å²) in [5, 5.41) is 13.2. The summed E-state index contributed by atoms with van der Waals surface area (Å²) in [6.07, 6.45) is 0.122. The van der Waals surface area contributed by atoms with E-state index in [2.05, 4.69) is 20.8 Å². The van der Waals surface area contributed by atoms with E-state index in [4.69, 9.17) is 0 Å². The van der Waals surface area contributed by atoms with Crippen LogP contribution in [-0.4, -0.2) is 27.9 Å². The molecule has 1 saturated heterocycles. The highest BCUT2D eigenvalue weighted by molar-refractivity contribution is 8.15. The molecule has 1 aromatic rings. The molecule has 0 unspecified atom stereocenters. The first-order valence-electron chi connectivity index (χ1n) is 6.91. The fourth-order valence-corrected chi connectivity index (χ4v) is 2.69. The largest absolute Gasteiger partial charge is 0.352 e. The first-order valence-corrected chi connectivity index (χ1v) is 7.79. The van der Waals surface area contributed by atoms with Crippen LogP contribution in [0.2, 0.25) is 0 Å². The van der Waals surface area contributed by atoms with Crippen molar-refractivity contribution >= 4 is 34.5 Å². The van der Waals surface area contributed by atoms with Crippen LogP contribution in [0.4, 0.5) is 0 Å². The van der Waals surface area contributed by atoms with Gasteiger partial charge in [-0.3, -0.25) is 9.59 Å². The van der Waals surface area contributed by atoms with Crippen LogP contribution < -0.4 is 10.6 Å². The summed E-state index contributed by atoms with van der Waals surface area (Å²) in [5.41, 5.74) is 1.82. The lowest BCUT2D eigenvalue weighted by molar-refractivity contribution is -0.125. The lowest BCUT2D eigenvalue weighted by Crippen LogP contribution is -2.31. The van der Waals surface area contributed by atoms with E-state index in [1.54, 1.807) is 0 Å². The number of nitrogens with one attached hydrogen (secondary N) is 2. The number of hydrogen-bond donors (Lipinski definition) is 2. The molecule has 0 aromatic heterocycles. The Balaban J connectivity index is 1.83. The molecular weight excluding hydrogens is 300 g/mol. The second-order valence-corrected chi connectivity index (χ2v) is 6.21. The van der Waals surface area contributed by atoms with Crippen LogP contribution in [-0.2, 0) is 16.1 Å². The SMILES string of the molecule is CC(C)=N/N=C1\NC(=O)[C@@H](CC(=O)NCc2ccccc2)S1. The van der Waals surface area contributed by atoms with Crippen molar-refractivity contribution < 1.29 is 9.59 Å². The van der Waals surface area contributed by atoms with E-state index in [-0.39, 0.29) is 18.2 Å². The second-order valence-electron chi connectivity index (χ2n) is 5.01. The van der Waals surface area contributed by atoms with Gasteiger partial charge in [0.2, 0.25) is 11.8 Å². The molecule has 0 radical (unpaired) electrons. The zero-order valence-electron chi connectivity index (χ0n) is 12.5. The Kier molecular flexibility index (Phi) is 5.71. The number of nitrogens with zero attached hydrogens (tertiary/aromatic N) is 2. The molecule has 2 amide bonds. The number of carbonyl (C=O) groups is 2. The molecule has 6 nitrogen and oxygen atoms in total. The predicted octanol–water partition coefficient (Wildman–Crippen LogP) is 1.68. The van der Waals surface area contributed by atoms with Gasteiger partial charge in [-0.05, 0) is 19.4 Å². The molecule has 0 saturated carbocycles. The lowest BCUT2D eigenvalue weighted by atomic mass is 10.2. The average Bonchev–Trinajstić information content (AvgIpc) is 2.84. The molecule has 1 aliphatic rings. The van der Waals surface area contributed by atoms with E-state index in [0.29, 0.717) is 11.7 Å². The van der Waals surface area contributed by atoms with E-state index in [1.165, 1.54) is 11.8 Å². The van der Waals surface area contributed by atoms with Crippen LogP contribution in [0.25, 0.3) is 0 Å². The van der Waals surface area contributed by atoms with Crippen molar-refractivity contribution in [2.45, 2.75) is 32.1 Å². The summed E-state index contributed by atoms with van der Waals surface area (Å²) in [6.45, 7) is 4.10. The van der Waals surface area contributed by atoms with Crippen LogP contribution >= 0.6 is 11.8 Å². The molecule has 1 aromatic carbocycles. The molecule has 0 spiro atoms. The number of hydrogen-bond acceptors (Lipinski definition) is 5. The Labute approximate surface area is 133 Å². The number of carbonyl (C=O) groups excluding carboxylic acids is 2. The Morgan fingerprint density at radius 2 is 2.05 bits per heavy atom. The fourth-order valence-electron chi connectivity index (χ4n) is 1.77. The van der Waals surface area contributed by atoms with Crippen molar-refractivity contribution in [1.29, 1.82) is 0 Å². The molecule has 1 heterocycles. The molecule has 2 N–H and O–H groups in total. The first kappa shape index (κ1) is 16.2. The summed E-state index contributed by atoms with van der Waals surface area (Å²) in [5.74, 6) is -0.365. The quantitative estimate of drug-likeness (QED) is 0.640. The van der Waals surface area contributed by atoms with Crippen LogP contribution in [0.1, 0.15) is 25.8 Å². The van der Waals surface area contributed by atoms with Crippen molar-refractivity contribution in [2.24, 2.45) is 10.2 Å². The summed E-state index contributed by atoms with van der Waals surface area (Å²) in [7, 11) is 0. The Hall–Kier alpha value is -2.15. The zero-order valence-corrected chi connectivity index (χ0v) is 13.3. The minimum absolute atomic E-state index is 0.122.